The second-order valence-corrected chi connectivity index (χ2v) is 6.25. The number of halogens is 1. The van der Waals surface area contributed by atoms with Gasteiger partial charge in [-0.1, -0.05) is 41.9 Å². The standard InChI is InChI=1S/C19H15ClN4O/c1-13(14-5-3-2-4-6-14)23-12-21-18-17(19(23)25)11-22-24(18)16-9-7-15(20)8-10-16/h2-13H,1H3/t13-/m1/s1. The molecule has 0 unspecified atom stereocenters. The SMILES string of the molecule is C[C@H](c1ccccc1)n1cnc2c(cnn2-c2ccc(Cl)cc2)c1=O. The lowest BCUT2D eigenvalue weighted by molar-refractivity contribution is 0.608. The van der Waals surface area contributed by atoms with Gasteiger partial charge in [0, 0.05) is 5.02 Å². The summed E-state index contributed by atoms with van der Waals surface area (Å²) in [5.41, 5.74) is 2.28. The highest BCUT2D eigenvalue weighted by Gasteiger charge is 2.15. The molecule has 124 valence electrons. The molecule has 4 rings (SSSR count). The van der Waals surface area contributed by atoms with Crippen LogP contribution in [0.15, 0.2) is 71.9 Å². The molecule has 0 aliphatic rings. The molecule has 1 atom stereocenters. The molecule has 0 spiro atoms. The Bertz CT molecular complexity index is 1080. The number of aromatic nitrogens is 4. The summed E-state index contributed by atoms with van der Waals surface area (Å²) in [7, 11) is 0. The fourth-order valence-corrected chi connectivity index (χ4v) is 2.99. The van der Waals surface area contributed by atoms with E-state index in [2.05, 4.69) is 10.1 Å². The van der Waals surface area contributed by atoms with Crippen LogP contribution < -0.4 is 5.56 Å². The third-order valence-electron chi connectivity index (χ3n) is 4.28. The van der Waals surface area contributed by atoms with Gasteiger partial charge in [-0.05, 0) is 36.8 Å². The minimum absolute atomic E-state index is 0.107. The van der Waals surface area contributed by atoms with Gasteiger partial charge >= 0.3 is 0 Å². The van der Waals surface area contributed by atoms with Crippen molar-refractivity contribution in [3.63, 3.8) is 0 Å². The summed E-state index contributed by atoms with van der Waals surface area (Å²) in [5.74, 6) is 0. The van der Waals surface area contributed by atoms with Gasteiger partial charge in [-0.2, -0.15) is 5.10 Å². The average Bonchev–Trinajstić information content (AvgIpc) is 3.08. The zero-order chi connectivity index (χ0) is 17.4. The van der Waals surface area contributed by atoms with Gasteiger partial charge in [-0.3, -0.25) is 9.36 Å². The molecule has 0 radical (unpaired) electrons. The number of nitrogens with zero attached hydrogens (tertiary/aromatic N) is 4. The van der Waals surface area contributed by atoms with Crippen molar-refractivity contribution in [1.29, 1.82) is 0 Å². The van der Waals surface area contributed by atoms with Crippen LogP contribution in [-0.2, 0) is 0 Å². The maximum Gasteiger partial charge on any atom is 0.265 e. The lowest BCUT2D eigenvalue weighted by atomic mass is 10.1. The molecule has 2 aromatic carbocycles. The molecule has 2 heterocycles. The maximum atomic E-state index is 12.9. The van der Waals surface area contributed by atoms with Crippen LogP contribution in [-0.4, -0.2) is 19.3 Å². The van der Waals surface area contributed by atoms with Crippen LogP contribution in [0.25, 0.3) is 16.7 Å². The smallest absolute Gasteiger partial charge is 0.265 e. The first kappa shape index (κ1) is 15.6. The molecule has 5 nitrogen and oxygen atoms in total. The zero-order valence-electron chi connectivity index (χ0n) is 13.5. The lowest BCUT2D eigenvalue weighted by Gasteiger charge is -2.15. The van der Waals surface area contributed by atoms with E-state index in [0.717, 1.165) is 11.3 Å². The lowest BCUT2D eigenvalue weighted by Crippen LogP contribution is -2.24. The Kier molecular flexibility index (Phi) is 3.86. The molecule has 0 aliphatic carbocycles. The van der Waals surface area contributed by atoms with E-state index in [0.29, 0.717) is 16.1 Å². The molecule has 0 fully saturated rings. The van der Waals surface area contributed by atoms with Crippen LogP contribution in [0.3, 0.4) is 0 Å². The minimum Gasteiger partial charge on any atom is -0.291 e. The van der Waals surface area contributed by atoms with E-state index in [4.69, 9.17) is 11.6 Å². The minimum atomic E-state index is -0.110. The molecule has 0 bridgehead atoms. The van der Waals surface area contributed by atoms with Gasteiger partial charge in [0.05, 0.1) is 17.9 Å². The molecular formula is C19H15ClN4O. The van der Waals surface area contributed by atoms with Crippen molar-refractivity contribution >= 4 is 22.6 Å². The molecular weight excluding hydrogens is 336 g/mol. The summed E-state index contributed by atoms with van der Waals surface area (Å²) < 4.78 is 3.27. The highest BCUT2D eigenvalue weighted by atomic mass is 35.5. The van der Waals surface area contributed by atoms with E-state index in [1.54, 1.807) is 33.9 Å². The van der Waals surface area contributed by atoms with Gasteiger partial charge < -0.3 is 0 Å². The fourth-order valence-electron chi connectivity index (χ4n) is 2.86. The van der Waals surface area contributed by atoms with E-state index in [9.17, 15) is 4.79 Å². The van der Waals surface area contributed by atoms with Gasteiger partial charge in [0.25, 0.3) is 5.56 Å². The predicted molar refractivity (Wildman–Crippen MR) is 98.4 cm³/mol. The molecule has 0 aliphatic heterocycles. The molecule has 2 aromatic heterocycles. The summed E-state index contributed by atoms with van der Waals surface area (Å²) in [6, 6.07) is 17.0. The summed E-state index contributed by atoms with van der Waals surface area (Å²) >= 11 is 5.93. The van der Waals surface area contributed by atoms with Gasteiger partial charge in [0.1, 0.15) is 11.7 Å². The molecule has 0 saturated carbocycles. The number of hydrogen-bond donors (Lipinski definition) is 0. The second-order valence-electron chi connectivity index (χ2n) is 5.81. The van der Waals surface area contributed by atoms with Crippen molar-refractivity contribution in [1.82, 2.24) is 19.3 Å². The number of fused-ring (bicyclic) bond motifs is 1. The van der Waals surface area contributed by atoms with E-state index < -0.39 is 0 Å². The third-order valence-corrected chi connectivity index (χ3v) is 4.54. The average molecular weight is 351 g/mol. The summed E-state index contributed by atoms with van der Waals surface area (Å²) in [6.07, 6.45) is 3.14. The van der Waals surface area contributed by atoms with Crippen molar-refractivity contribution in [3.05, 3.63) is 88.1 Å². The number of hydrogen-bond acceptors (Lipinski definition) is 3. The first-order valence-corrected chi connectivity index (χ1v) is 8.29. The Balaban J connectivity index is 1.82. The van der Waals surface area contributed by atoms with Gasteiger partial charge in [0.2, 0.25) is 0 Å². The molecule has 4 aromatic rings. The van der Waals surface area contributed by atoms with Crippen LogP contribution in [0.5, 0.6) is 0 Å². The van der Waals surface area contributed by atoms with Gasteiger partial charge in [0.15, 0.2) is 5.65 Å². The van der Waals surface area contributed by atoms with Crippen LogP contribution in [0.4, 0.5) is 0 Å². The van der Waals surface area contributed by atoms with Crippen LogP contribution in [0, 0.1) is 0 Å². The second kappa shape index (κ2) is 6.18. The zero-order valence-corrected chi connectivity index (χ0v) is 14.3. The van der Waals surface area contributed by atoms with Crippen LogP contribution in [0.2, 0.25) is 5.02 Å². The highest BCUT2D eigenvalue weighted by Crippen LogP contribution is 2.19. The van der Waals surface area contributed by atoms with E-state index in [1.165, 1.54) is 0 Å². The van der Waals surface area contributed by atoms with Crippen LogP contribution in [0.1, 0.15) is 18.5 Å². The number of rotatable bonds is 3. The first-order chi connectivity index (χ1) is 12.1. The van der Waals surface area contributed by atoms with Crippen molar-refractivity contribution in [2.45, 2.75) is 13.0 Å². The summed E-state index contributed by atoms with van der Waals surface area (Å²) in [5, 5.41) is 5.46. The van der Waals surface area contributed by atoms with Crippen molar-refractivity contribution < 1.29 is 0 Å². The Morgan fingerprint density at radius 2 is 1.76 bits per heavy atom. The Morgan fingerprint density at radius 1 is 1.04 bits per heavy atom. The van der Waals surface area contributed by atoms with Crippen molar-refractivity contribution in [3.8, 4) is 5.69 Å². The predicted octanol–water partition coefficient (Wildman–Crippen LogP) is 3.84. The maximum absolute atomic E-state index is 12.9. The Morgan fingerprint density at radius 3 is 2.48 bits per heavy atom. The Labute approximate surface area is 149 Å². The fraction of sp³-hybridized carbons (Fsp3) is 0.105. The summed E-state index contributed by atoms with van der Waals surface area (Å²) in [4.78, 5) is 17.4. The van der Waals surface area contributed by atoms with Crippen LogP contribution >= 0.6 is 11.6 Å². The topological polar surface area (TPSA) is 52.7 Å². The quantitative estimate of drug-likeness (QED) is 0.564. The van der Waals surface area contributed by atoms with E-state index >= 15 is 0 Å². The van der Waals surface area contributed by atoms with Crippen molar-refractivity contribution in [2.75, 3.05) is 0 Å². The molecule has 0 N–H and O–H groups in total. The normalized spacial score (nSPS) is 12.4. The molecule has 0 saturated heterocycles. The summed E-state index contributed by atoms with van der Waals surface area (Å²) in [6.45, 7) is 1.98. The first-order valence-electron chi connectivity index (χ1n) is 7.91. The monoisotopic (exact) mass is 350 g/mol. The van der Waals surface area contributed by atoms with Gasteiger partial charge in [-0.25, -0.2) is 9.67 Å². The number of benzene rings is 2. The van der Waals surface area contributed by atoms with Crippen molar-refractivity contribution in [2.24, 2.45) is 0 Å². The van der Waals surface area contributed by atoms with E-state index in [-0.39, 0.29) is 11.6 Å². The molecule has 25 heavy (non-hydrogen) atoms. The third kappa shape index (κ3) is 2.72. The largest absolute Gasteiger partial charge is 0.291 e. The van der Waals surface area contributed by atoms with E-state index in [1.807, 2.05) is 49.4 Å². The van der Waals surface area contributed by atoms with Gasteiger partial charge in [-0.15, -0.1) is 0 Å². The molecule has 6 heteroatoms. The molecule has 0 amide bonds. The highest BCUT2D eigenvalue weighted by molar-refractivity contribution is 6.30. The Hall–Kier alpha value is -2.92.